The number of hydrogen-bond donors (Lipinski definition) is 1. The number of hydrogen-bond acceptors (Lipinski definition) is 3. The summed E-state index contributed by atoms with van der Waals surface area (Å²) in [7, 11) is 0. The van der Waals surface area contributed by atoms with Gasteiger partial charge in [-0.25, -0.2) is 8.78 Å². The van der Waals surface area contributed by atoms with Crippen molar-refractivity contribution in [2.75, 3.05) is 23.3 Å². The van der Waals surface area contributed by atoms with E-state index in [9.17, 15) is 13.6 Å². The van der Waals surface area contributed by atoms with E-state index in [-0.39, 0.29) is 5.69 Å². The van der Waals surface area contributed by atoms with Crippen LogP contribution in [0.1, 0.15) is 24.2 Å². The van der Waals surface area contributed by atoms with Gasteiger partial charge in [-0.15, -0.1) is 0 Å². The molecule has 0 unspecified atom stereocenters. The molecule has 0 radical (unpaired) electrons. The average molecular weight is 305 g/mol. The lowest BCUT2D eigenvalue weighted by atomic mass is 10.2. The number of nitrogens with one attached hydrogen (secondary N) is 1. The molecule has 0 bridgehead atoms. The van der Waals surface area contributed by atoms with Gasteiger partial charge in [0.25, 0.3) is 5.91 Å². The quantitative estimate of drug-likeness (QED) is 0.920. The number of amides is 1. The Kier molecular flexibility index (Phi) is 5.04. The highest BCUT2D eigenvalue weighted by molar-refractivity contribution is 6.04. The number of halogens is 2. The Morgan fingerprint density at radius 1 is 1.14 bits per heavy atom. The second-order valence-electron chi connectivity index (χ2n) is 4.69. The van der Waals surface area contributed by atoms with E-state index in [0.717, 1.165) is 30.9 Å². The third kappa shape index (κ3) is 3.58. The zero-order chi connectivity index (χ0) is 16.1. The van der Waals surface area contributed by atoms with E-state index < -0.39 is 17.5 Å². The maximum Gasteiger partial charge on any atom is 0.257 e. The molecule has 0 aliphatic rings. The molecule has 1 aromatic carbocycles. The Bertz CT molecular complexity index is 672. The van der Waals surface area contributed by atoms with Crippen LogP contribution in [0.3, 0.4) is 0 Å². The molecular weight excluding hydrogens is 288 g/mol. The lowest BCUT2D eigenvalue weighted by molar-refractivity contribution is 0.102. The lowest BCUT2D eigenvalue weighted by Gasteiger charge is -2.20. The summed E-state index contributed by atoms with van der Waals surface area (Å²) in [6.45, 7) is 5.62. The van der Waals surface area contributed by atoms with Crippen molar-refractivity contribution in [2.24, 2.45) is 0 Å². The maximum absolute atomic E-state index is 13.1. The molecule has 116 valence electrons. The molecule has 22 heavy (non-hydrogen) atoms. The minimum atomic E-state index is -1.01. The van der Waals surface area contributed by atoms with Crippen LogP contribution < -0.4 is 10.2 Å². The molecular formula is C16H17F2N3O. The molecule has 2 rings (SSSR count). The molecule has 0 aliphatic heterocycles. The highest BCUT2D eigenvalue weighted by atomic mass is 19.2. The first-order valence-corrected chi connectivity index (χ1v) is 7.01. The summed E-state index contributed by atoms with van der Waals surface area (Å²) >= 11 is 0. The molecule has 6 heteroatoms. The van der Waals surface area contributed by atoms with Crippen molar-refractivity contribution in [3.05, 3.63) is 53.9 Å². The molecule has 1 aromatic heterocycles. The first-order valence-electron chi connectivity index (χ1n) is 7.01. The van der Waals surface area contributed by atoms with Crippen LogP contribution in [-0.4, -0.2) is 24.0 Å². The van der Waals surface area contributed by atoms with Gasteiger partial charge in [0.1, 0.15) is 0 Å². The molecule has 1 N–H and O–H groups in total. The van der Waals surface area contributed by atoms with Crippen molar-refractivity contribution in [2.45, 2.75) is 13.8 Å². The highest BCUT2D eigenvalue weighted by Gasteiger charge is 2.11. The second kappa shape index (κ2) is 6.98. The normalized spacial score (nSPS) is 10.4. The van der Waals surface area contributed by atoms with Crippen LogP contribution >= 0.6 is 0 Å². The minimum absolute atomic E-state index is 0.192. The third-order valence-corrected chi connectivity index (χ3v) is 3.29. The van der Waals surface area contributed by atoms with Crippen LogP contribution in [0.2, 0.25) is 0 Å². The monoisotopic (exact) mass is 305 g/mol. The fourth-order valence-corrected chi connectivity index (χ4v) is 2.09. The summed E-state index contributed by atoms with van der Waals surface area (Å²) in [6.07, 6.45) is 3.11. The number of rotatable bonds is 5. The molecule has 0 fully saturated rings. The van der Waals surface area contributed by atoms with E-state index in [1.807, 2.05) is 13.8 Å². The molecule has 0 saturated heterocycles. The fraction of sp³-hybridized carbons (Fsp3) is 0.250. The van der Waals surface area contributed by atoms with Gasteiger partial charge in [-0.05, 0) is 32.0 Å². The van der Waals surface area contributed by atoms with E-state index in [1.165, 1.54) is 12.3 Å². The number of carbonyl (C=O) groups is 1. The zero-order valence-electron chi connectivity index (χ0n) is 12.4. The Hall–Kier alpha value is -2.50. The third-order valence-electron chi connectivity index (χ3n) is 3.29. The van der Waals surface area contributed by atoms with Gasteiger partial charge in [-0.3, -0.25) is 9.78 Å². The largest absolute Gasteiger partial charge is 0.371 e. The second-order valence-corrected chi connectivity index (χ2v) is 4.69. The molecule has 0 atom stereocenters. The van der Waals surface area contributed by atoms with Crippen LogP contribution in [0.4, 0.5) is 20.2 Å². The van der Waals surface area contributed by atoms with Gasteiger partial charge in [-0.1, -0.05) is 0 Å². The fourth-order valence-electron chi connectivity index (χ4n) is 2.09. The predicted molar refractivity (Wildman–Crippen MR) is 82.1 cm³/mol. The van der Waals surface area contributed by atoms with Crippen LogP contribution in [-0.2, 0) is 0 Å². The predicted octanol–water partition coefficient (Wildman–Crippen LogP) is 3.46. The van der Waals surface area contributed by atoms with Gasteiger partial charge >= 0.3 is 0 Å². The summed E-state index contributed by atoms with van der Waals surface area (Å²) in [5.74, 6) is -2.39. The number of aromatic nitrogens is 1. The number of benzene rings is 1. The van der Waals surface area contributed by atoms with Crippen LogP contribution in [0.25, 0.3) is 0 Å². The van der Waals surface area contributed by atoms with Gasteiger partial charge in [0.05, 0.1) is 17.4 Å². The van der Waals surface area contributed by atoms with Gasteiger partial charge < -0.3 is 10.2 Å². The Labute approximate surface area is 127 Å². The smallest absolute Gasteiger partial charge is 0.257 e. The molecule has 2 aromatic rings. The van der Waals surface area contributed by atoms with Gasteiger partial charge in [-0.2, -0.15) is 0 Å². The summed E-state index contributed by atoms with van der Waals surface area (Å²) in [6, 6.07) is 4.93. The maximum atomic E-state index is 13.1. The molecule has 4 nitrogen and oxygen atoms in total. The number of carbonyl (C=O) groups excluding carboxylic acids is 1. The molecule has 0 spiro atoms. The van der Waals surface area contributed by atoms with Crippen LogP contribution in [0.15, 0.2) is 36.7 Å². The van der Waals surface area contributed by atoms with Crippen LogP contribution in [0.5, 0.6) is 0 Å². The molecule has 1 heterocycles. The summed E-state index contributed by atoms with van der Waals surface area (Å²) in [4.78, 5) is 18.3. The average Bonchev–Trinajstić information content (AvgIpc) is 2.52. The molecule has 1 amide bonds. The Morgan fingerprint density at radius 3 is 2.50 bits per heavy atom. The topological polar surface area (TPSA) is 45.2 Å². The SMILES string of the molecule is CCN(CC)c1cncc(C(=O)Nc2ccc(F)c(F)c2)c1. The van der Waals surface area contributed by atoms with Crippen molar-refractivity contribution in [1.29, 1.82) is 0 Å². The van der Waals surface area contributed by atoms with Gasteiger partial charge in [0.15, 0.2) is 11.6 Å². The van der Waals surface area contributed by atoms with E-state index in [1.54, 1.807) is 12.3 Å². The summed E-state index contributed by atoms with van der Waals surface area (Å²) in [5.41, 5.74) is 1.38. The van der Waals surface area contributed by atoms with E-state index in [0.29, 0.717) is 5.56 Å². The van der Waals surface area contributed by atoms with Gasteiger partial charge in [0.2, 0.25) is 0 Å². The minimum Gasteiger partial charge on any atom is -0.371 e. The molecule has 0 aliphatic carbocycles. The molecule has 0 saturated carbocycles. The van der Waals surface area contributed by atoms with Crippen molar-refractivity contribution < 1.29 is 13.6 Å². The Balaban J connectivity index is 2.18. The Morgan fingerprint density at radius 2 is 1.86 bits per heavy atom. The number of nitrogens with zero attached hydrogens (tertiary/aromatic N) is 2. The summed E-state index contributed by atoms with van der Waals surface area (Å²) < 4.78 is 26.0. The number of pyridine rings is 1. The van der Waals surface area contributed by atoms with E-state index in [4.69, 9.17) is 0 Å². The van der Waals surface area contributed by atoms with Crippen molar-refractivity contribution in [1.82, 2.24) is 4.98 Å². The standard InChI is InChI=1S/C16H17F2N3O/c1-3-21(4-2)13-7-11(9-19-10-13)16(22)20-12-5-6-14(17)15(18)8-12/h5-10H,3-4H2,1-2H3,(H,20,22). The summed E-state index contributed by atoms with van der Waals surface area (Å²) in [5, 5.41) is 2.52. The van der Waals surface area contributed by atoms with E-state index >= 15 is 0 Å². The van der Waals surface area contributed by atoms with E-state index in [2.05, 4.69) is 15.2 Å². The number of anilines is 2. The first-order chi connectivity index (χ1) is 10.5. The van der Waals surface area contributed by atoms with Gasteiger partial charge in [0, 0.05) is 31.0 Å². The van der Waals surface area contributed by atoms with Crippen molar-refractivity contribution >= 4 is 17.3 Å². The lowest BCUT2D eigenvalue weighted by Crippen LogP contribution is -2.22. The zero-order valence-corrected chi connectivity index (χ0v) is 12.4. The highest BCUT2D eigenvalue weighted by Crippen LogP contribution is 2.17. The first kappa shape index (κ1) is 15.9. The van der Waals surface area contributed by atoms with Crippen LogP contribution in [0, 0.1) is 11.6 Å². The van der Waals surface area contributed by atoms with Crippen molar-refractivity contribution in [3.8, 4) is 0 Å². The van der Waals surface area contributed by atoms with Crippen molar-refractivity contribution in [3.63, 3.8) is 0 Å².